The number of carbonyl (C=O) groups is 2. The molecule has 0 atom stereocenters. The minimum atomic E-state index is -1.28. The molecule has 2 N–H and O–H groups in total. The molecule has 0 aliphatic rings. The average molecular weight is 271 g/mol. The Morgan fingerprint density at radius 3 is 2.61 bits per heavy atom. The first kappa shape index (κ1) is 13.7. The number of carbonyl (C=O) groups excluding carboxylic acids is 1. The Morgan fingerprint density at radius 1 is 1.39 bits per heavy atom. The number of nitrogens with zero attached hydrogens (tertiary/aromatic N) is 1. The van der Waals surface area contributed by atoms with Crippen LogP contribution in [-0.2, 0) is 9.59 Å². The van der Waals surface area contributed by atoms with Gasteiger partial charge in [-0.2, -0.15) is 0 Å². The molecule has 1 amide bonds. The van der Waals surface area contributed by atoms with Crippen LogP contribution in [0.25, 0.3) is 0 Å². The number of carboxylic acid groups (broad SMARTS) is 1. The van der Waals surface area contributed by atoms with Crippen molar-refractivity contribution in [1.29, 1.82) is 0 Å². The fourth-order valence-electron chi connectivity index (χ4n) is 1.04. The van der Waals surface area contributed by atoms with Gasteiger partial charge in [-0.3, -0.25) is 14.9 Å². The van der Waals surface area contributed by atoms with E-state index in [0.717, 1.165) is 12.1 Å². The van der Waals surface area contributed by atoms with Crippen LogP contribution in [0.1, 0.15) is 0 Å². The summed E-state index contributed by atoms with van der Waals surface area (Å²) in [5.41, 5.74) is -0.206. The molecule has 0 aliphatic heterocycles. The molecule has 1 aromatic carbocycles. The van der Waals surface area contributed by atoms with Gasteiger partial charge in [0.15, 0.2) is 0 Å². The summed E-state index contributed by atoms with van der Waals surface area (Å²) >= 11 is 5.73. The predicted molar refractivity (Wildman–Crippen MR) is 63.5 cm³/mol. The molecule has 0 spiro atoms. The molecule has 1 aromatic rings. The van der Waals surface area contributed by atoms with E-state index in [1.807, 2.05) is 0 Å². The zero-order valence-corrected chi connectivity index (χ0v) is 9.55. The molecule has 18 heavy (non-hydrogen) atoms. The first-order valence-electron chi connectivity index (χ1n) is 4.56. The number of halogens is 1. The van der Waals surface area contributed by atoms with Crippen LogP contribution in [-0.4, -0.2) is 21.9 Å². The largest absolute Gasteiger partial charge is 0.478 e. The normalized spacial score (nSPS) is 10.3. The van der Waals surface area contributed by atoms with Crippen molar-refractivity contribution < 1.29 is 19.6 Å². The molecule has 1 rings (SSSR count). The standard InChI is InChI=1S/C10H7ClN2O5/c11-7-2-1-6(13(17)18)5-8(7)12-9(14)3-4-10(15)16/h1-5H,(H,12,14)(H,15,16)/b4-3-. The van der Waals surface area contributed by atoms with Crippen molar-refractivity contribution in [1.82, 2.24) is 0 Å². The Bertz CT molecular complexity index is 541. The van der Waals surface area contributed by atoms with E-state index in [9.17, 15) is 19.7 Å². The number of carboxylic acids is 1. The zero-order chi connectivity index (χ0) is 13.7. The number of hydrogen-bond donors (Lipinski definition) is 2. The average Bonchev–Trinajstić information content (AvgIpc) is 2.29. The van der Waals surface area contributed by atoms with Gasteiger partial charge in [0.05, 0.1) is 15.6 Å². The monoisotopic (exact) mass is 270 g/mol. The third-order valence-electron chi connectivity index (χ3n) is 1.80. The number of amides is 1. The fourth-order valence-corrected chi connectivity index (χ4v) is 1.21. The molecular formula is C10H7ClN2O5. The van der Waals surface area contributed by atoms with Crippen LogP contribution in [0, 0.1) is 10.1 Å². The van der Waals surface area contributed by atoms with Crippen molar-refractivity contribution in [3.8, 4) is 0 Å². The van der Waals surface area contributed by atoms with Crippen LogP contribution >= 0.6 is 11.6 Å². The van der Waals surface area contributed by atoms with Crippen molar-refractivity contribution in [2.45, 2.75) is 0 Å². The highest BCUT2D eigenvalue weighted by atomic mass is 35.5. The summed E-state index contributed by atoms with van der Waals surface area (Å²) in [5, 5.41) is 21.2. The molecule has 7 nitrogen and oxygen atoms in total. The molecule has 0 aliphatic carbocycles. The van der Waals surface area contributed by atoms with Gasteiger partial charge in [-0.05, 0) is 6.07 Å². The lowest BCUT2D eigenvalue weighted by Crippen LogP contribution is -2.09. The number of nitro benzene ring substituents is 1. The summed E-state index contributed by atoms with van der Waals surface area (Å²) in [6.45, 7) is 0. The second-order valence-electron chi connectivity index (χ2n) is 3.08. The van der Waals surface area contributed by atoms with Gasteiger partial charge in [0.25, 0.3) is 5.69 Å². The Labute approximate surface area is 106 Å². The van der Waals surface area contributed by atoms with Crippen molar-refractivity contribution in [2.24, 2.45) is 0 Å². The highest BCUT2D eigenvalue weighted by Crippen LogP contribution is 2.26. The summed E-state index contributed by atoms with van der Waals surface area (Å²) in [4.78, 5) is 31.3. The van der Waals surface area contributed by atoms with Gasteiger partial charge in [-0.15, -0.1) is 0 Å². The second kappa shape index (κ2) is 5.78. The molecule has 0 radical (unpaired) electrons. The lowest BCUT2D eigenvalue weighted by Gasteiger charge is -2.04. The fraction of sp³-hybridized carbons (Fsp3) is 0. The summed E-state index contributed by atoms with van der Waals surface area (Å²) in [5.74, 6) is -2.03. The summed E-state index contributed by atoms with van der Waals surface area (Å²) in [6, 6.07) is 3.52. The second-order valence-corrected chi connectivity index (χ2v) is 3.49. The summed E-state index contributed by atoms with van der Waals surface area (Å²) < 4.78 is 0. The van der Waals surface area contributed by atoms with Gasteiger partial charge in [0.1, 0.15) is 0 Å². The summed E-state index contributed by atoms with van der Waals surface area (Å²) in [7, 11) is 0. The predicted octanol–water partition coefficient (Wildman–Crippen LogP) is 1.83. The molecule has 0 aromatic heterocycles. The van der Waals surface area contributed by atoms with E-state index in [1.165, 1.54) is 12.1 Å². The highest BCUT2D eigenvalue weighted by Gasteiger charge is 2.11. The number of non-ortho nitro benzene ring substituents is 1. The van der Waals surface area contributed by atoms with Gasteiger partial charge >= 0.3 is 5.97 Å². The Hall–Kier alpha value is -2.41. The summed E-state index contributed by atoms with van der Waals surface area (Å²) in [6.07, 6.45) is 1.41. The molecule has 0 unspecified atom stereocenters. The number of rotatable bonds is 4. The van der Waals surface area contributed by atoms with Crippen LogP contribution in [0.5, 0.6) is 0 Å². The number of nitrogens with one attached hydrogen (secondary N) is 1. The van der Waals surface area contributed by atoms with Crippen LogP contribution < -0.4 is 5.32 Å². The molecule has 0 heterocycles. The van der Waals surface area contributed by atoms with E-state index in [4.69, 9.17) is 16.7 Å². The van der Waals surface area contributed by atoms with E-state index in [2.05, 4.69) is 5.32 Å². The topological polar surface area (TPSA) is 110 Å². The lowest BCUT2D eigenvalue weighted by atomic mass is 10.2. The van der Waals surface area contributed by atoms with E-state index < -0.39 is 16.8 Å². The number of anilines is 1. The van der Waals surface area contributed by atoms with Gasteiger partial charge in [-0.1, -0.05) is 11.6 Å². The lowest BCUT2D eigenvalue weighted by molar-refractivity contribution is -0.384. The smallest absolute Gasteiger partial charge is 0.328 e. The molecule has 0 bridgehead atoms. The molecule has 8 heteroatoms. The van der Waals surface area contributed by atoms with E-state index in [1.54, 1.807) is 0 Å². The Balaban J connectivity index is 2.90. The van der Waals surface area contributed by atoms with Crippen molar-refractivity contribution >= 4 is 34.9 Å². The minimum Gasteiger partial charge on any atom is -0.478 e. The molecule has 94 valence electrons. The quantitative estimate of drug-likeness (QED) is 0.493. The molecule has 0 fully saturated rings. The first-order chi connectivity index (χ1) is 8.40. The van der Waals surface area contributed by atoms with Gasteiger partial charge < -0.3 is 10.4 Å². The highest BCUT2D eigenvalue weighted by molar-refractivity contribution is 6.34. The SMILES string of the molecule is O=C(O)/C=C\C(=O)Nc1cc([N+](=O)[O-])ccc1Cl. The van der Waals surface area contributed by atoms with Crippen molar-refractivity contribution in [3.63, 3.8) is 0 Å². The maximum atomic E-state index is 11.3. The maximum Gasteiger partial charge on any atom is 0.328 e. The molecule has 0 saturated heterocycles. The number of hydrogen-bond acceptors (Lipinski definition) is 4. The van der Waals surface area contributed by atoms with E-state index in [0.29, 0.717) is 6.08 Å². The number of aliphatic carboxylic acids is 1. The van der Waals surface area contributed by atoms with Crippen LogP contribution in [0.15, 0.2) is 30.4 Å². The minimum absolute atomic E-state index is 0.0332. The number of benzene rings is 1. The Morgan fingerprint density at radius 2 is 2.06 bits per heavy atom. The number of nitro groups is 1. The van der Waals surface area contributed by atoms with Crippen LogP contribution in [0.3, 0.4) is 0 Å². The first-order valence-corrected chi connectivity index (χ1v) is 4.94. The van der Waals surface area contributed by atoms with Crippen LogP contribution in [0.4, 0.5) is 11.4 Å². The van der Waals surface area contributed by atoms with Gasteiger partial charge in [-0.25, -0.2) is 4.79 Å². The van der Waals surface area contributed by atoms with Gasteiger partial charge in [0.2, 0.25) is 5.91 Å². The third-order valence-corrected chi connectivity index (χ3v) is 2.13. The maximum absolute atomic E-state index is 11.3. The van der Waals surface area contributed by atoms with Crippen molar-refractivity contribution in [2.75, 3.05) is 5.32 Å². The van der Waals surface area contributed by atoms with Gasteiger partial charge in [0, 0.05) is 24.3 Å². The van der Waals surface area contributed by atoms with Crippen molar-refractivity contribution in [3.05, 3.63) is 45.5 Å². The van der Waals surface area contributed by atoms with E-state index in [-0.39, 0.29) is 16.4 Å². The Kier molecular flexibility index (Phi) is 4.39. The third kappa shape index (κ3) is 3.87. The molecule has 0 saturated carbocycles. The zero-order valence-electron chi connectivity index (χ0n) is 8.79. The molecular weight excluding hydrogens is 264 g/mol. The van der Waals surface area contributed by atoms with Crippen LogP contribution in [0.2, 0.25) is 5.02 Å². The van der Waals surface area contributed by atoms with E-state index >= 15 is 0 Å².